The fraction of sp³-hybridized carbons (Fsp3) is 0.393. The van der Waals surface area contributed by atoms with Gasteiger partial charge in [-0.3, -0.25) is 0 Å². The zero-order valence-corrected chi connectivity index (χ0v) is 23.3. The maximum absolute atomic E-state index is 14.0. The van der Waals surface area contributed by atoms with E-state index in [1.807, 2.05) is 11.8 Å². The van der Waals surface area contributed by atoms with E-state index in [9.17, 15) is 22.0 Å². The fourth-order valence-corrected chi connectivity index (χ4v) is 5.99. The molecule has 2 amide bonds. The first-order valence-corrected chi connectivity index (χ1v) is 14.5. The lowest BCUT2D eigenvalue weighted by Gasteiger charge is -2.35. The zero-order valence-electron chi connectivity index (χ0n) is 22.4. The minimum Gasteiger partial charge on any atom is -0.377 e. The molecule has 2 N–H and O–H groups in total. The summed E-state index contributed by atoms with van der Waals surface area (Å²) in [6, 6.07) is 10.7. The molecule has 0 radical (unpaired) electrons. The number of carbonyl (C=O) groups is 1. The third kappa shape index (κ3) is 5.78. The van der Waals surface area contributed by atoms with Crippen molar-refractivity contribution in [1.29, 1.82) is 0 Å². The van der Waals surface area contributed by atoms with Crippen molar-refractivity contribution in [3.63, 3.8) is 0 Å². The number of benzene rings is 2. The fourth-order valence-electron chi connectivity index (χ4n) is 4.49. The molecular formula is C28H31F2N5O4S. The molecule has 1 aromatic heterocycles. The third-order valence-corrected chi connectivity index (χ3v) is 9.53. The van der Waals surface area contributed by atoms with E-state index in [0.717, 1.165) is 25.0 Å². The number of hydrogen-bond acceptors (Lipinski definition) is 7. The van der Waals surface area contributed by atoms with Crippen LogP contribution in [0.2, 0.25) is 0 Å². The van der Waals surface area contributed by atoms with Crippen LogP contribution in [0.25, 0.3) is 11.4 Å². The highest BCUT2D eigenvalue weighted by atomic mass is 32.2. The predicted molar refractivity (Wildman–Crippen MR) is 147 cm³/mol. The van der Waals surface area contributed by atoms with Crippen molar-refractivity contribution >= 4 is 27.4 Å². The number of hydrogen-bond donors (Lipinski definition) is 2. The van der Waals surface area contributed by atoms with Crippen LogP contribution in [-0.4, -0.2) is 56.3 Å². The molecule has 212 valence electrons. The number of nitrogens with zero attached hydrogens (tertiary/aromatic N) is 3. The maximum atomic E-state index is 14.0. The quantitative estimate of drug-likeness (QED) is 0.425. The van der Waals surface area contributed by atoms with E-state index < -0.39 is 31.1 Å². The van der Waals surface area contributed by atoms with Crippen molar-refractivity contribution in [2.45, 2.75) is 55.3 Å². The van der Waals surface area contributed by atoms with Gasteiger partial charge in [0, 0.05) is 36.0 Å². The van der Waals surface area contributed by atoms with E-state index in [1.54, 1.807) is 30.3 Å². The molecule has 2 aliphatic rings. The van der Waals surface area contributed by atoms with Gasteiger partial charge in [-0.05, 0) is 70.0 Å². The van der Waals surface area contributed by atoms with Gasteiger partial charge in [0.15, 0.2) is 15.7 Å². The Kier molecular flexibility index (Phi) is 7.49. The van der Waals surface area contributed by atoms with Crippen LogP contribution < -0.4 is 15.5 Å². The van der Waals surface area contributed by atoms with E-state index >= 15 is 0 Å². The summed E-state index contributed by atoms with van der Waals surface area (Å²) in [7, 11) is -4.29. The summed E-state index contributed by atoms with van der Waals surface area (Å²) in [6.45, 7) is 6.38. The van der Waals surface area contributed by atoms with Gasteiger partial charge in [0.2, 0.25) is 0 Å². The van der Waals surface area contributed by atoms with Crippen molar-refractivity contribution in [2.24, 2.45) is 0 Å². The molecule has 1 atom stereocenters. The number of aromatic nitrogens is 2. The van der Waals surface area contributed by atoms with Crippen LogP contribution in [0, 0.1) is 11.6 Å². The first-order chi connectivity index (χ1) is 18.9. The highest BCUT2D eigenvalue weighted by Crippen LogP contribution is 2.37. The molecule has 12 heteroatoms. The number of morpholine rings is 1. The van der Waals surface area contributed by atoms with Crippen molar-refractivity contribution in [1.82, 2.24) is 15.3 Å². The smallest absolute Gasteiger partial charge is 0.319 e. The standard InChI is InChI=1S/C28H31F2N5O4S/c1-17-16-39-11-10-35(17)25-15-24(28(2,3)40(37,38)23-13-19(29)12-20(30)14-23)33-26(34-25)18-4-6-21(7-5-18)31-27(36)32-22-8-9-22/h4-7,12-15,17,22H,8-11,16H2,1-3H3,(H2,31,32,36)/t17-/m0/s1. The molecule has 40 heavy (non-hydrogen) atoms. The van der Waals surface area contributed by atoms with Crippen LogP contribution in [0.5, 0.6) is 0 Å². The second kappa shape index (κ2) is 10.7. The van der Waals surface area contributed by atoms with E-state index in [-0.39, 0.29) is 29.6 Å². The monoisotopic (exact) mass is 571 g/mol. The van der Waals surface area contributed by atoms with Gasteiger partial charge in [0.05, 0.1) is 29.8 Å². The average Bonchev–Trinajstić information content (AvgIpc) is 3.72. The molecule has 1 aliphatic carbocycles. The van der Waals surface area contributed by atoms with Gasteiger partial charge in [-0.15, -0.1) is 0 Å². The van der Waals surface area contributed by atoms with Crippen LogP contribution in [0.3, 0.4) is 0 Å². The highest BCUT2D eigenvalue weighted by Gasteiger charge is 2.40. The number of rotatable bonds is 7. The van der Waals surface area contributed by atoms with Crippen LogP contribution in [0.4, 0.5) is 25.1 Å². The molecule has 5 rings (SSSR count). The third-order valence-electron chi connectivity index (χ3n) is 7.12. The second-order valence-electron chi connectivity index (χ2n) is 10.6. The van der Waals surface area contributed by atoms with Crippen LogP contribution in [0.15, 0.2) is 53.4 Å². The zero-order chi connectivity index (χ0) is 28.7. The van der Waals surface area contributed by atoms with E-state index in [2.05, 4.69) is 15.6 Å². The first kappa shape index (κ1) is 27.9. The Morgan fingerprint density at radius 1 is 1.05 bits per heavy atom. The first-order valence-electron chi connectivity index (χ1n) is 13.1. The SMILES string of the molecule is C[C@H]1COCCN1c1cc(C(C)(C)S(=O)(=O)c2cc(F)cc(F)c2)nc(-c2ccc(NC(=O)NC3CC3)cc2)n1. The minimum absolute atomic E-state index is 0.0297. The van der Waals surface area contributed by atoms with Gasteiger partial charge >= 0.3 is 6.03 Å². The average molecular weight is 572 g/mol. The van der Waals surface area contributed by atoms with Gasteiger partial charge in [0.1, 0.15) is 22.2 Å². The van der Waals surface area contributed by atoms with Crippen LogP contribution in [-0.2, 0) is 19.3 Å². The summed E-state index contributed by atoms with van der Waals surface area (Å²) in [6.07, 6.45) is 1.95. The largest absolute Gasteiger partial charge is 0.377 e. The molecule has 0 spiro atoms. The summed E-state index contributed by atoms with van der Waals surface area (Å²) in [5.41, 5.74) is 1.35. The number of carbonyl (C=O) groups excluding carboxylic acids is 1. The normalized spacial score (nSPS) is 17.9. The van der Waals surface area contributed by atoms with E-state index in [4.69, 9.17) is 9.72 Å². The summed E-state index contributed by atoms with van der Waals surface area (Å²) in [4.78, 5) is 23.0. The molecule has 2 aromatic carbocycles. The molecule has 3 aromatic rings. The van der Waals surface area contributed by atoms with Crippen molar-refractivity contribution in [2.75, 3.05) is 30.0 Å². The van der Waals surface area contributed by atoms with Gasteiger partial charge in [0.25, 0.3) is 0 Å². The van der Waals surface area contributed by atoms with Gasteiger partial charge < -0.3 is 20.3 Å². The van der Waals surface area contributed by atoms with E-state index in [0.29, 0.717) is 42.9 Å². The lowest BCUT2D eigenvalue weighted by Crippen LogP contribution is -2.44. The molecule has 1 aliphatic heterocycles. The number of anilines is 2. The summed E-state index contributed by atoms with van der Waals surface area (Å²) < 4.78 is 59.3. The van der Waals surface area contributed by atoms with Gasteiger partial charge in [-0.1, -0.05) is 0 Å². The molecule has 2 fully saturated rings. The Hall–Kier alpha value is -3.64. The lowest BCUT2D eigenvalue weighted by molar-refractivity contribution is 0.0985. The molecule has 9 nitrogen and oxygen atoms in total. The Morgan fingerprint density at radius 2 is 1.73 bits per heavy atom. The Morgan fingerprint density at radius 3 is 2.35 bits per heavy atom. The maximum Gasteiger partial charge on any atom is 0.319 e. The van der Waals surface area contributed by atoms with Crippen molar-refractivity contribution in [3.05, 3.63) is 65.9 Å². The Bertz CT molecular complexity index is 1510. The lowest BCUT2D eigenvalue weighted by atomic mass is 10.1. The second-order valence-corrected chi connectivity index (χ2v) is 13.1. The topological polar surface area (TPSA) is 114 Å². The highest BCUT2D eigenvalue weighted by molar-refractivity contribution is 7.92. The number of ether oxygens (including phenoxy) is 1. The molecule has 1 saturated carbocycles. The van der Waals surface area contributed by atoms with E-state index in [1.165, 1.54) is 13.8 Å². The number of nitrogens with one attached hydrogen (secondary N) is 2. The minimum atomic E-state index is -4.29. The Labute approximate surface area is 231 Å². The molecule has 2 heterocycles. The summed E-state index contributed by atoms with van der Waals surface area (Å²) in [5.74, 6) is -1.19. The predicted octanol–water partition coefficient (Wildman–Crippen LogP) is 4.64. The Balaban J connectivity index is 1.54. The number of sulfone groups is 1. The molecule has 0 bridgehead atoms. The summed E-state index contributed by atoms with van der Waals surface area (Å²) >= 11 is 0. The number of halogens is 2. The van der Waals surface area contributed by atoms with Crippen molar-refractivity contribution in [3.8, 4) is 11.4 Å². The van der Waals surface area contributed by atoms with Gasteiger partial charge in [-0.2, -0.15) is 0 Å². The van der Waals surface area contributed by atoms with Gasteiger partial charge in [-0.25, -0.2) is 32.0 Å². The number of urea groups is 1. The summed E-state index contributed by atoms with van der Waals surface area (Å²) in [5, 5.41) is 5.65. The molecular weight excluding hydrogens is 540 g/mol. The molecule has 0 unspecified atom stereocenters. The molecule has 1 saturated heterocycles. The number of amides is 2. The van der Waals surface area contributed by atoms with Crippen LogP contribution in [0.1, 0.15) is 39.3 Å². The van der Waals surface area contributed by atoms with Crippen molar-refractivity contribution < 1.29 is 26.7 Å². The van der Waals surface area contributed by atoms with Crippen LogP contribution >= 0.6 is 0 Å².